The van der Waals surface area contributed by atoms with Crippen molar-refractivity contribution in [1.82, 2.24) is 5.32 Å². The third-order valence-corrected chi connectivity index (χ3v) is 7.13. The third-order valence-electron chi connectivity index (χ3n) is 7.13. The number of dihydropyridines is 1. The van der Waals surface area contributed by atoms with Gasteiger partial charge < -0.3 is 29.4 Å². The molecule has 1 aliphatic carbocycles. The van der Waals surface area contributed by atoms with Crippen molar-refractivity contribution in [2.45, 2.75) is 39.0 Å². The molecule has 0 radical (unpaired) electrons. The van der Waals surface area contributed by atoms with Crippen LogP contribution < -0.4 is 14.8 Å². The number of benzene rings is 2. The van der Waals surface area contributed by atoms with Gasteiger partial charge in [0, 0.05) is 28.8 Å². The minimum absolute atomic E-state index is 0.0848. The first-order valence-electron chi connectivity index (χ1n) is 12.9. The number of hydrogen-bond donors (Lipinski definition) is 2. The van der Waals surface area contributed by atoms with Gasteiger partial charge >= 0.3 is 11.9 Å². The summed E-state index contributed by atoms with van der Waals surface area (Å²) in [5.41, 5.74) is 2.90. The Labute approximate surface area is 227 Å². The Morgan fingerprint density at radius 1 is 1.00 bits per heavy atom. The molecule has 1 heterocycles. The number of phenols is 1. The second kappa shape index (κ2) is 11.6. The number of allylic oxidation sites excluding steroid dienone is 3. The van der Waals surface area contributed by atoms with Crippen LogP contribution in [0.1, 0.15) is 50.2 Å². The fraction of sp³-hybridized carbons (Fsp3) is 0.367. The van der Waals surface area contributed by atoms with Gasteiger partial charge in [-0.05, 0) is 56.5 Å². The van der Waals surface area contributed by atoms with E-state index in [2.05, 4.69) is 5.32 Å². The van der Waals surface area contributed by atoms with Crippen LogP contribution in [0.25, 0.3) is 0 Å². The van der Waals surface area contributed by atoms with Crippen LogP contribution in [0.5, 0.6) is 17.2 Å². The normalized spacial score (nSPS) is 20.6. The highest BCUT2D eigenvalue weighted by molar-refractivity contribution is 6.13. The first-order chi connectivity index (χ1) is 18.8. The summed E-state index contributed by atoms with van der Waals surface area (Å²) in [7, 11) is 2.96. The molecule has 0 amide bonds. The van der Waals surface area contributed by atoms with Gasteiger partial charge in [-0.1, -0.05) is 24.3 Å². The van der Waals surface area contributed by atoms with E-state index in [-0.39, 0.29) is 35.9 Å². The van der Waals surface area contributed by atoms with Crippen molar-refractivity contribution in [3.05, 3.63) is 76.1 Å². The van der Waals surface area contributed by atoms with Crippen molar-refractivity contribution >= 4 is 17.7 Å². The molecule has 2 N–H and O–H groups in total. The fourth-order valence-electron chi connectivity index (χ4n) is 5.49. The molecule has 9 nitrogen and oxygen atoms in total. The Bertz CT molecular complexity index is 1360. The topological polar surface area (TPSA) is 120 Å². The van der Waals surface area contributed by atoms with Crippen molar-refractivity contribution in [2.75, 3.05) is 27.4 Å². The van der Waals surface area contributed by atoms with Crippen LogP contribution >= 0.6 is 0 Å². The number of para-hydroxylation sites is 1. The molecular formula is C30H33NO8. The zero-order chi connectivity index (χ0) is 28.3. The minimum Gasteiger partial charge on any atom is -0.504 e. The van der Waals surface area contributed by atoms with Crippen molar-refractivity contribution in [3.8, 4) is 17.2 Å². The lowest BCUT2D eigenvalue weighted by molar-refractivity contribution is -0.152. The zero-order valence-electron chi connectivity index (χ0n) is 22.7. The number of nitrogens with one attached hydrogen (secondary N) is 1. The number of rotatable bonds is 8. The van der Waals surface area contributed by atoms with Crippen molar-refractivity contribution in [2.24, 2.45) is 5.92 Å². The number of Topliss-reactive ketones (excluding diaryl/α,β-unsaturated/α-hetero) is 1. The van der Waals surface area contributed by atoms with E-state index in [4.69, 9.17) is 18.9 Å². The molecule has 0 aromatic heterocycles. The Morgan fingerprint density at radius 2 is 1.69 bits per heavy atom. The SMILES string of the molecule is CCOC(=O)C1=C(C)NC2=C(C(=O)[C@H](C(=O)OCC)[C@@H](c3ccccc3OC)C2)[C@H]1c1ccc(O)c(OC)c1. The second-order valence-electron chi connectivity index (χ2n) is 9.29. The maximum atomic E-state index is 14.4. The summed E-state index contributed by atoms with van der Waals surface area (Å²) in [6.45, 7) is 5.39. The van der Waals surface area contributed by atoms with E-state index in [0.29, 0.717) is 34.7 Å². The van der Waals surface area contributed by atoms with E-state index in [1.54, 1.807) is 46.1 Å². The summed E-state index contributed by atoms with van der Waals surface area (Å²) in [6.07, 6.45) is 0.296. The third kappa shape index (κ3) is 5.08. The van der Waals surface area contributed by atoms with Gasteiger partial charge in [0.15, 0.2) is 17.3 Å². The number of phenolic OH excluding ortho intramolecular Hbond substituents is 1. The largest absolute Gasteiger partial charge is 0.504 e. The molecule has 0 unspecified atom stereocenters. The second-order valence-corrected chi connectivity index (χ2v) is 9.29. The van der Waals surface area contributed by atoms with Gasteiger partial charge in [0.2, 0.25) is 0 Å². The summed E-state index contributed by atoms with van der Waals surface area (Å²) in [5, 5.41) is 13.5. The first-order valence-corrected chi connectivity index (χ1v) is 12.9. The summed E-state index contributed by atoms with van der Waals surface area (Å²) >= 11 is 0. The number of ketones is 1. The van der Waals surface area contributed by atoms with E-state index >= 15 is 0 Å². The standard InChI is InChI=1S/C30H33NO8/c1-6-38-29(34)24-16(3)31-20-15-19(18-10-8-9-11-22(18)36-4)26(30(35)39-7-2)28(33)27(20)25(24)17-12-13-21(32)23(14-17)37-5/h8-14,19,25-26,31-32H,6-7,15H2,1-5H3/t19-,25+,26-/m1/s1. The number of methoxy groups -OCH3 is 2. The van der Waals surface area contributed by atoms with Crippen molar-refractivity contribution in [3.63, 3.8) is 0 Å². The molecule has 0 spiro atoms. The molecular weight excluding hydrogens is 502 g/mol. The molecule has 2 aromatic rings. The number of carbonyl (C=O) groups excluding carboxylic acids is 3. The van der Waals surface area contributed by atoms with Crippen LogP contribution in [0.3, 0.4) is 0 Å². The molecule has 3 atom stereocenters. The monoisotopic (exact) mass is 535 g/mol. The van der Waals surface area contributed by atoms with Crippen LogP contribution in [-0.2, 0) is 23.9 Å². The molecule has 4 rings (SSSR count). The molecule has 0 saturated heterocycles. The molecule has 0 saturated carbocycles. The Balaban J connectivity index is 1.94. The maximum absolute atomic E-state index is 14.4. The number of hydrogen-bond acceptors (Lipinski definition) is 9. The molecule has 0 fully saturated rings. The van der Waals surface area contributed by atoms with Gasteiger partial charge in [-0.25, -0.2) is 4.79 Å². The highest BCUT2D eigenvalue weighted by atomic mass is 16.5. The Morgan fingerprint density at radius 3 is 2.36 bits per heavy atom. The first kappa shape index (κ1) is 27.8. The zero-order valence-corrected chi connectivity index (χ0v) is 22.7. The van der Waals surface area contributed by atoms with E-state index in [0.717, 1.165) is 0 Å². The highest BCUT2D eigenvalue weighted by Crippen LogP contribution is 2.50. The summed E-state index contributed by atoms with van der Waals surface area (Å²) in [6, 6.07) is 11.9. The Hall–Kier alpha value is -4.27. The molecule has 2 aliphatic rings. The number of aromatic hydroxyl groups is 1. The lowest BCUT2D eigenvalue weighted by Gasteiger charge is -2.39. The Kier molecular flexibility index (Phi) is 8.28. The van der Waals surface area contributed by atoms with Crippen LogP contribution in [0, 0.1) is 5.92 Å². The number of ether oxygens (including phenoxy) is 4. The van der Waals surface area contributed by atoms with Gasteiger partial charge in [-0.3, -0.25) is 9.59 Å². The van der Waals surface area contributed by atoms with Gasteiger partial charge in [0.25, 0.3) is 0 Å². The van der Waals surface area contributed by atoms with E-state index in [1.807, 2.05) is 18.2 Å². The van der Waals surface area contributed by atoms with Gasteiger partial charge in [0.05, 0.1) is 33.0 Å². The average molecular weight is 536 g/mol. The van der Waals surface area contributed by atoms with Gasteiger partial charge in [-0.15, -0.1) is 0 Å². The van der Waals surface area contributed by atoms with Crippen LogP contribution in [0.2, 0.25) is 0 Å². The smallest absolute Gasteiger partial charge is 0.336 e. The number of esters is 2. The van der Waals surface area contributed by atoms with Crippen LogP contribution in [0.15, 0.2) is 65.0 Å². The summed E-state index contributed by atoms with van der Waals surface area (Å²) in [4.78, 5) is 41.0. The fourth-order valence-corrected chi connectivity index (χ4v) is 5.49. The summed E-state index contributed by atoms with van der Waals surface area (Å²) < 4.78 is 21.6. The van der Waals surface area contributed by atoms with E-state index < -0.39 is 35.5 Å². The molecule has 1 aliphatic heterocycles. The van der Waals surface area contributed by atoms with Crippen molar-refractivity contribution < 1.29 is 38.4 Å². The predicted molar refractivity (Wildman–Crippen MR) is 142 cm³/mol. The molecule has 206 valence electrons. The minimum atomic E-state index is -1.16. The van der Waals surface area contributed by atoms with E-state index in [1.165, 1.54) is 13.2 Å². The highest BCUT2D eigenvalue weighted by Gasteiger charge is 2.49. The van der Waals surface area contributed by atoms with Crippen LogP contribution in [-0.4, -0.2) is 50.3 Å². The molecule has 9 heteroatoms. The molecule has 0 bridgehead atoms. The molecule has 2 aromatic carbocycles. The lowest BCUT2D eigenvalue weighted by atomic mass is 9.67. The quantitative estimate of drug-likeness (QED) is 0.380. The van der Waals surface area contributed by atoms with Gasteiger partial charge in [0.1, 0.15) is 11.7 Å². The van der Waals surface area contributed by atoms with E-state index in [9.17, 15) is 19.5 Å². The number of carbonyl (C=O) groups is 3. The average Bonchev–Trinajstić information content (AvgIpc) is 2.92. The maximum Gasteiger partial charge on any atom is 0.336 e. The van der Waals surface area contributed by atoms with Gasteiger partial charge in [-0.2, -0.15) is 0 Å². The van der Waals surface area contributed by atoms with Crippen LogP contribution in [0.4, 0.5) is 0 Å². The predicted octanol–water partition coefficient (Wildman–Crippen LogP) is 4.12. The summed E-state index contributed by atoms with van der Waals surface area (Å²) in [5.74, 6) is -3.61. The lowest BCUT2D eigenvalue weighted by Crippen LogP contribution is -2.43. The van der Waals surface area contributed by atoms with Crippen molar-refractivity contribution in [1.29, 1.82) is 0 Å². The molecule has 39 heavy (non-hydrogen) atoms.